The average molecular weight is 250 g/mol. The molecule has 0 aliphatic carbocycles. The molecule has 0 fully saturated rings. The van der Waals surface area contributed by atoms with E-state index >= 15 is 0 Å². The van der Waals surface area contributed by atoms with Gasteiger partial charge in [0.15, 0.2) is 0 Å². The second-order valence-electron chi connectivity index (χ2n) is 4.58. The van der Waals surface area contributed by atoms with Gasteiger partial charge in [0.2, 0.25) is 5.91 Å². The Bertz CT molecular complexity index is 361. The zero-order chi connectivity index (χ0) is 13.4. The van der Waals surface area contributed by atoms with Crippen LogP contribution in [0.25, 0.3) is 0 Å². The number of nitrogens with two attached hydrogens (primary N) is 1. The number of carbonyl (C=O) groups excluding carboxylic acids is 1. The molecular formula is C14H22N2O2. The lowest BCUT2D eigenvalue weighted by Crippen LogP contribution is -2.25. The lowest BCUT2D eigenvalue weighted by atomic mass is 10.1. The first-order chi connectivity index (χ1) is 8.58. The average Bonchev–Trinajstić information content (AvgIpc) is 2.34. The molecule has 18 heavy (non-hydrogen) atoms. The molecule has 4 N–H and O–H groups in total. The predicted molar refractivity (Wildman–Crippen MR) is 73.1 cm³/mol. The molecule has 1 rings (SSSR count). The van der Waals surface area contributed by atoms with Crippen LogP contribution in [0.1, 0.15) is 31.7 Å². The summed E-state index contributed by atoms with van der Waals surface area (Å²) < 4.78 is 0. The van der Waals surface area contributed by atoms with Crippen LogP contribution in [-0.2, 0) is 11.2 Å². The summed E-state index contributed by atoms with van der Waals surface area (Å²) in [6, 6.07) is 7.57. The van der Waals surface area contributed by atoms with Crippen LogP contribution in [-0.4, -0.2) is 23.7 Å². The molecule has 0 saturated carbocycles. The first-order valence-electron chi connectivity index (χ1n) is 6.37. The van der Waals surface area contributed by atoms with E-state index in [0.717, 1.165) is 30.5 Å². The van der Waals surface area contributed by atoms with Gasteiger partial charge in [-0.05, 0) is 43.9 Å². The number of hydrogen-bond donors (Lipinski definition) is 3. The highest BCUT2D eigenvalue weighted by Crippen LogP contribution is 2.07. The number of nitrogens with one attached hydrogen (secondary N) is 1. The number of benzene rings is 1. The van der Waals surface area contributed by atoms with Crippen molar-refractivity contribution >= 4 is 11.6 Å². The van der Waals surface area contributed by atoms with E-state index in [0.29, 0.717) is 13.0 Å². The van der Waals surface area contributed by atoms with Gasteiger partial charge in [-0.3, -0.25) is 4.79 Å². The molecule has 0 heterocycles. The Hall–Kier alpha value is -1.55. The minimum Gasteiger partial charge on any atom is -0.399 e. The third kappa shape index (κ3) is 6.25. The van der Waals surface area contributed by atoms with Crippen LogP contribution in [0, 0.1) is 0 Å². The van der Waals surface area contributed by atoms with Crippen LogP contribution in [0.2, 0.25) is 0 Å². The van der Waals surface area contributed by atoms with Gasteiger partial charge in [0.1, 0.15) is 0 Å². The molecule has 0 aliphatic heterocycles. The number of nitrogen functional groups attached to an aromatic ring is 1. The maximum atomic E-state index is 11.5. The van der Waals surface area contributed by atoms with Crippen LogP contribution in [0.4, 0.5) is 5.69 Å². The molecule has 1 atom stereocenters. The molecule has 4 nitrogen and oxygen atoms in total. The molecule has 1 unspecified atom stereocenters. The summed E-state index contributed by atoms with van der Waals surface area (Å²) >= 11 is 0. The number of aliphatic hydroxyl groups is 1. The molecule has 0 aliphatic rings. The fraction of sp³-hybridized carbons (Fsp3) is 0.500. The van der Waals surface area contributed by atoms with Gasteiger partial charge in [0, 0.05) is 18.7 Å². The van der Waals surface area contributed by atoms with E-state index in [2.05, 4.69) is 5.32 Å². The number of rotatable bonds is 7. The van der Waals surface area contributed by atoms with Gasteiger partial charge < -0.3 is 16.2 Å². The zero-order valence-electron chi connectivity index (χ0n) is 10.9. The Balaban J connectivity index is 2.15. The van der Waals surface area contributed by atoms with Gasteiger partial charge in [-0.25, -0.2) is 0 Å². The monoisotopic (exact) mass is 250 g/mol. The van der Waals surface area contributed by atoms with Crippen molar-refractivity contribution in [2.45, 2.75) is 38.7 Å². The van der Waals surface area contributed by atoms with E-state index in [1.54, 1.807) is 6.92 Å². The summed E-state index contributed by atoms with van der Waals surface area (Å²) in [5, 5.41) is 11.9. The van der Waals surface area contributed by atoms with E-state index in [1.165, 1.54) is 0 Å². The lowest BCUT2D eigenvalue weighted by molar-refractivity contribution is -0.121. The topological polar surface area (TPSA) is 75.3 Å². The zero-order valence-corrected chi connectivity index (χ0v) is 10.9. The van der Waals surface area contributed by atoms with Gasteiger partial charge in [-0.1, -0.05) is 12.1 Å². The molecule has 0 bridgehead atoms. The summed E-state index contributed by atoms with van der Waals surface area (Å²) in [4.78, 5) is 11.5. The molecular weight excluding hydrogens is 228 g/mol. The van der Waals surface area contributed by atoms with Crippen molar-refractivity contribution in [1.82, 2.24) is 5.32 Å². The lowest BCUT2D eigenvalue weighted by Gasteiger charge is -2.06. The number of anilines is 1. The fourth-order valence-electron chi connectivity index (χ4n) is 1.66. The number of hydrogen-bond acceptors (Lipinski definition) is 3. The number of aryl methyl sites for hydroxylation is 1. The van der Waals surface area contributed by atoms with E-state index in [1.807, 2.05) is 24.3 Å². The highest BCUT2D eigenvalue weighted by molar-refractivity contribution is 5.76. The van der Waals surface area contributed by atoms with Crippen molar-refractivity contribution in [2.75, 3.05) is 12.3 Å². The smallest absolute Gasteiger partial charge is 0.220 e. The van der Waals surface area contributed by atoms with Gasteiger partial charge in [-0.15, -0.1) is 0 Å². The van der Waals surface area contributed by atoms with Crippen LogP contribution < -0.4 is 11.1 Å². The van der Waals surface area contributed by atoms with Gasteiger partial charge in [0.05, 0.1) is 6.10 Å². The molecule has 0 saturated heterocycles. The summed E-state index contributed by atoms with van der Waals surface area (Å²) in [6.07, 6.45) is 2.45. The molecule has 0 radical (unpaired) electrons. The summed E-state index contributed by atoms with van der Waals surface area (Å²) in [6.45, 7) is 2.38. The van der Waals surface area contributed by atoms with Crippen molar-refractivity contribution < 1.29 is 9.90 Å². The Morgan fingerprint density at radius 1 is 1.39 bits per heavy atom. The maximum absolute atomic E-state index is 11.5. The number of aliphatic hydroxyl groups excluding tert-OH is 1. The first-order valence-corrected chi connectivity index (χ1v) is 6.37. The van der Waals surface area contributed by atoms with Gasteiger partial charge >= 0.3 is 0 Å². The van der Waals surface area contributed by atoms with Gasteiger partial charge in [0.25, 0.3) is 0 Å². The maximum Gasteiger partial charge on any atom is 0.220 e. The standard InChI is InChI=1S/C14H22N2O2/c1-11(17)3-2-10-16-14(18)9-6-12-4-7-13(15)8-5-12/h4-5,7-8,11,17H,2-3,6,9-10,15H2,1H3,(H,16,18). The number of carbonyl (C=O) groups is 1. The van der Waals surface area contributed by atoms with Crippen LogP contribution in [0.3, 0.4) is 0 Å². The van der Waals surface area contributed by atoms with Crippen molar-refractivity contribution in [3.05, 3.63) is 29.8 Å². The highest BCUT2D eigenvalue weighted by Gasteiger charge is 2.02. The van der Waals surface area contributed by atoms with Crippen LogP contribution in [0.15, 0.2) is 24.3 Å². The van der Waals surface area contributed by atoms with E-state index in [9.17, 15) is 4.79 Å². The molecule has 1 aromatic carbocycles. The Morgan fingerprint density at radius 3 is 2.67 bits per heavy atom. The van der Waals surface area contributed by atoms with E-state index in [-0.39, 0.29) is 12.0 Å². The molecule has 4 heteroatoms. The second kappa shape index (κ2) is 7.71. The van der Waals surface area contributed by atoms with Crippen LogP contribution >= 0.6 is 0 Å². The molecule has 1 amide bonds. The summed E-state index contributed by atoms with van der Waals surface area (Å²) in [5.74, 6) is 0.0532. The minimum atomic E-state index is -0.295. The van der Waals surface area contributed by atoms with Crippen LogP contribution in [0.5, 0.6) is 0 Å². The van der Waals surface area contributed by atoms with E-state index in [4.69, 9.17) is 10.8 Å². The molecule has 100 valence electrons. The second-order valence-corrected chi connectivity index (χ2v) is 4.58. The highest BCUT2D eigenvalue weighted by atomic mass is 16.3. The Kier molecular flexibility index (Phi) is 6.22. The minimum absolute atomic E-state index is 0.0532. The summed E-state index contributed by atoms with van der Waals surface area (Å²) in [5.41, 5.74) is 7.44. The number of amides is 1. The molecule has 1 aromatic rings. The fourth-order valence-corrected chi connectivity index (χ4v) is 1.66. The van der Waals surface area contributed by atoms with Crippen molar-refractivity contribution in [1.29, 1.82) is 0 Å². The molecule has 0 spiro atoms. The molecule has 0 aromatic heterocycles. The SMILES string of the molecule is CC(O)CCCNC(=O)CCc1ccc(N)cc1. The third-order valence-electron chi connectivity index (χ3n) is 2.74. The summed E-state index contributed by atoms with van der Waals surface area (Å²) in [7, 11) is 0. The third-order valence-corrected chi connectivity index (χ3v) is 2.74. The largest absolute Gasteiger partial charge is 0.399 e. The van der Waals surface area contributed by atoms with Crippen molar-refractivity contribution in [3.8, 4) is 0 Å². The van der Waals surface area contributed by atoms with Crippen molar-refractivity contribution in [3.63, 3.8) is 0 Å². The Labute approximate surface area is 108 Å². The quantitative estimate of drug-likeness (QED) is 0.507. The normalized spacial score (nSPS) is 12.1. The first kappa shape index (κ1) is 14.5. The Morgan fingerprint density at radius 2 is 2.06 bits per heavy atom. The van der Waals surface area contributed by atoms with Gasteiger partial charge in [-0.2, -0.15) is 0 Å². The van der Waals surface area contributed by atoms with Crippen molar-refractivity contribution in [2.24, 2.45) is 0 Å². The van der Waals surface area contributed by atoms with E-state index < -0.39 is 0 Å². The predicted octanol–water partition coefficient (Wildman–Crippen LogP) is 1.48.